The maximum atomic E-state index is 12.6. The molecule has 0 unspecified atom stereocenters. The number of nitrogens with zero attached hydrogens (tertiary/aromatic N) is 2. The zero-order valence-electron chi connectivity index (χ0n) is 15.6. The van der Waals surface area contributed by atoms with Gasteiger partial charge in [0.15, 0.2) is 0 Å². The summed E-state index contributed by atoms with van der Waals surface area (Å²) in [5, 5.41) is 0.629. The minimum absolute atomic E-state index is 0.0888. The van der Waals surface area contributed by atoms with Gasteiger partial charge in [0.05, 0.1) is 11.6 Å². The van der Waals surface area contributed by atoms with Gasteiger partial charge in [0.2, 0.25) is 0 Å². The molecule has 5 nitrogen and oxygen atoms in total. The van der Waals surface area contributed by atoms with E-state index < -0.39 is 0 Å². The van der Waals surface area contributed by atoms with E-state index in [1.807, 2.05) is 53.4 Å². The highest BCUT2D eigenvalue weighted by Crippen LogP contribution is 2.23. The predicted octanol–water partition coefficient (Wildman–Crippen LogP) is 3.32. The minimum Gasteiger partial charge on any atom is -0.491 e. The molecule has 6 heteroatoms. The third-order valence-electron chi connectivity index (χ3n) is 4.67. The molecule has 2 aromatic rings. The molecule has 0 bridgehead atoms. The van der Waals surface area contributed by atoms with E-state index in [1.165, 1.54) is 0 Å². The first-order valence-electron chi connectivity index (χ1n) is 9.14. The van der Waals surface area contributed by atoms with E-state index in [1.54, 1.807) is 7.11 Å². The van der Waals surface area contributed by atoms with Gasteiger partial charge in [-0.05, 0) is 29.8 Å². The van der Waals surface area contributed by atoms with Gasteiger partial charge in [-0.25, -0.2) is 0 Å². The number of para-hydroxylation sites is 1. The molecule has 0 saturated carbocycles. The van der Waals surface area contributed by atoms with Crippen LogP contribution in [0.2, 0.25) is 5.02 Å². The number of piperazine rings is 1. The zero-order chi connectivity index (χ0) is 19.1. The summed E-state index contributed by atoms with van der Waals surface area (Å²) in [5.74, 6) is 0.802. The summed E-state index contributed by atoms with van der Waals surface area (Å²) in [6.07, 6.45) is 0. The number of carbonyl (C=O) groups is 1. The van der Waals surface area contributed by atoms with Crippen LogP contribution in [0.1, 0.15) is 15.9 Å². The number of methoxy groups -OCH3 is 1. The van der Waals surface area contributed by atoms with Crippen molar-refractivity contribution in [1.82, 2.24) is 9.80 Å². The molecule has 1 aliphatic rings. The van der Waals surface area contributed by atoms with Gasteiger partial charge in [-0.1, -0.05) is 35.9 Å². The van der Waals surface area contributed by atoms with Crippen molar-refractivity contribution in [3.8, 4) is 5.75 Å². The average Bonchev–Trinajstić information content (AvgIpc) is 2.70. The lowest BCUT2D eigenvalue weighted by Gasteiger charge is -2.34. The second-order valence-electron chi connectivity index (χ2n) is 6.54. The number of halogens is 1. The first kappa shape index (κ1) is 19.7. The van der Waals surface area contributed by atoms with E-state index in [0.717, 1.165) is 43.9 Å². The second-order valence-corrected chi connectivity index (χ2v) is 6.95. The molecular weight excluding hydrogens is 364 g/mol. The van der Waals surface area contributed by atoms with Gasteiger partial charge in [0.1, 0.15) is 12.4 Å². The van der Waals surface area contributed by atoms with Crippen LogP contribution in [0, 0.1) is 0 Å². The molecule has 1 fully saturated rings. The highest BCUT2D eigenvalue weighted by atomic mass is 35.5. The Morgan fingerprint density at radius 1 is 1.04 bits per heavy atom. The van der Waals surface area contributed by atoms with E-state index in [4.69, 9.17) is 21.1 Å². The molecule has 27 heavy (non-hydrogen) atoms. The number of benzene rings is 2. The fourth-order valence-electron chi connectivity index (χ4n) is 3.11. The standard InChI is InChI=1S/C21H25ClN2O3/c1-26-16-17-6-8-18(9-7-17)21(25)24-12-10-23(11-13-24)14-15-27-20-5-3-2-4-19(20)22/h2-9H,10-16H2,1H3. The van der Waals surface area contributed by atoms with Crippen LogP contribution >= 0.6 is 11.6 Å². The Hall–Kier alpha value is -2.08. The van der Waals surface area contributed by atoms with Crippen LogP contribution in [0.4, 0.5) is 0 Å². The predicted molar refractivity (Wildman–Crippen MR) is 106 cm³/mol. The van der Waals surface area contributed by atoms with Gasteiger partial charge < -0.3 is 14.4 Å². The summed E-state index contributed by atoms with van der Waals surface area (Å²) >= 11 is 6.10. The molecule has 0 atom stereocenters. The maximum Gasteiger partial charge on any atom is 0.253 e. The van der Waals surface area contributed by atoms with E-state index >= 15 is 0 Å². The first-order valence-corrected chi connectivity index (χ1v) is 9.52. The van der Waals surface area contributed by atoms with Crippen LogP contribution in [-0.2, 0) is 11.3 Å². The molecule has 3 rings (SSSR count). The molecule has 0 radical (unpaired) electrons. The van der Waals surface area contributed by atoms with Crippen molar-refractivity contribution in [2.45, 2.75) is 6.61 Å². The molecule has 0 aromatic heterocycles. The summed E-state index contributed by atoms with van der Waals surface area (Å²) in [6, 6.07) is 15.1. The van der Waals surface area contributed by atoms with E-state index in [0.29, 0.717) is 24.0 Å². The van der Waals surface area contributed by atoms with Crippen molar-refractivity contribution in [3.05, 3.63) is 64.7 Å². The second kappa shape index (κ2) is 9.74. The van der Waals surface area contributed by atoms with Crippen LogP contribution in [0.25, 0.3) is 0 Å². The van der Waals surface area contributed by atoms with Crippen molar-refractivity contribution in [1.29, 1.82) is 0 Å². The molecule has 1 aliphatic heterocycles. The highest BCUT2D eigenvalue weighted by molar-refractivity contribution is 6.32. The molecule has 144 valence electrons. The number of hydrogen-bond donors (Lipinski definition) is 0. The van der Waals surface area contributed by atoms with Crippen molar-refractivity contribution >= 4 is 17.5 Å². The summed E-state index contributed by atoms with van der Waals surface area (Å²) in [4.78, 5) is 16.9. The fourth-order valence-corrected chi connectivity index (χ4v) is 3.30. The lowest BCUT2D eigenvalue weighted by atomic mass is 10.1. The molecule has 1 saturated heterocycles. The molecule has 0 aliphatic carbocycles. The van der Waals surface area contributed by atoms with Gasteiger partial charge in [-0.3, -0.25) is 9.69 Å². The third kappa shape index (κ3) is 5.45. The van der Waals surface area contributed by atoms with Crippen LogP contribution in [0.15, 0.2) is 48.5 Å². The Morgan fingerprint density at radius 2 is 1.74 bits per heavy atom. The number of ether oxygens (including phenoxy) is 2. The topological polar surface area (TPSA) is 42.0 Å². The van der Waals surface area contributed by atoms with Gasteiger partial charge in [0, 0.05) is 45.4 Å². The van der Waals surface area contributed by atoms with Crippen molar-refractivity contribution in [2.24, 2.45) is 0 Å². The maximum absolute atomic E-state index is 12.6. The normalized spacial score (nSPS) is 15.0. The van der Waals surface area contributed by atoms with E-state index in [2.05, 4.69) is 4.90 Å². The fraction of sp³-hybridized carbons (Fsp3) is 0.381. The third-order valence-corrected chi connectivity index (χ3v) is 4.99. The highest BCUT2D eigenvalue weighted by Gasteiger charge is 2.22. The molecule has 0 N–H and O–H groups in total. The van der Waals surface area contributed by atoms with Crippen molar-refractivity contribution < 1.29 is 14.3 Å². The lowest BCUT2D eigenvalue weighted by Crippen LogP contribution is -2.49. The number of rotatable bonds is 7. The van der Waals surface area contributed by atoms with Gasteiger partial charge in [0.25, 0.3) is 5.91 Å². The monoisotopic (exact) mass is 388 g/mol. The zero-order valence-corrected chi connectivity index (χ0v) is 16.3. The van der Waals surface area contributed by atoms with Crippen LogP contribution in [0.5, 0.6) is 5.75 Å². The Kier molecular flexibility index (Phi) is 7.10. The van der Waals surface area contributed by atoms with E-state index in [9.17, 15) is 4.79 Å². The van der Waals surface area contributed by atoms with Crippen molar-refractivity contribution in [3.63, 3.8) is 0 Å². The average molecular weight is 389 g/mol. The quantitative estimate of drug-likeness (QED) is 0.729. The summed E-state index contributed by atoms with van der Waals surface area (Å²) in [7, 11) is 1.66. The van der Waals surface area contributed by atoms with Gasteiger partial charge >= 0.3 is 0 Å². The molecule has 2 aromatic carbocycles. The summed E-state index contributed by atoms with van der Waals surface area (Å²) in [5.41, 5.74) is 1.79. The Labute approximate surface area is 165 Å². The van der Waals surface area contributed by atoms with Gasteiger partial charge in [-0.15, -0.1) is 0 Å². The number of hydrogen-bond acceptors (Lipinski definition) is 4. The smallest absolute Gasteiger partial charge is 0.253 e. The molecule has 0 spiro atoms. The molecule has 1 heterocycles. The lowest BCUT2D eigenvalue weighted by molar-refractivity contribution is 0.0620. The van der Waals surface area contributed by atoms with Crippen LogP contribution in [-0.4, -0.2) is 62.1 Å². The van der Waals surface area contributed by atoms with Gasteiger partial charge in [-0.2, -0.15) is 0 Å². The Balaban J connectivity index is 1.43. The Bertz CT molecular complexity index is 743. The van der Waals surface area contributed by atoms with Crippen molar-refractivity contribution in [2.75, 3.05) is 46.4 Å². The van der Waals surface area contributed by atoms with Crippen LogP contribution in [0.3, 0.4) is 0 Å². The molecular formula is C21H25ClN2O3. The summed E-state index contributed by atoms with van der Waals surface area (Å²) < 4.78 is 10.9. The Morgan fingerprint density at radius 3 is 2.41 bits per heavy atom. The number of carbonyl (C=O) groups excluding carboxylic acids is 1. The van der Waals surface area contributed by atoms with Crippen LogP contribution < -0.4 is 4.74 Å². The largest absolute Gasteiger partial charge is 0.491 e. The summed E-state index contributed by atoms with van der Waals surface area (Å²) in [6.45, 7) is 5.11. The number of amides is 1. The SMILES string of the molecule is COCc1ccc(C(=O)N2CCN(CCOc3ccccc3Cl)CC2)cc1. The van der Waals surface area contributed by atoms with E-state index in [-0.39, 0.29) is 5.91 Å². The molecule has 1 amide bonds. The minimum atomic E-state index is 0.0888. The first-order chi connectivity index (χ1) is 13.2.